The first kappa shape index (κ1) is 67.9. The highest BCUT2D eigenvalue weighted by molar-refractivity contribution is 7.09. The highest BCUT2D eigenvalue weighted by Gasteiger charge is 2.43. The van der Waals surface area contributed by atoms with Gasteiger partial charge in [-0.25, -0.2) is 9.37 Å². The number of halogens is 1. The highest BCUT2D eigenvalue weighted by atomic mass is 32.1. The van der Waals surface area contributed by atoms with Crippen LogP contribution in [0.1, 0.15) is 156 Å². The van der Waals surface area contributed by atoms with Gasteiger partial charge in [0.05, 0.1) is 10.5 Å². The molecule has 1 aromatic heterocycles. The van der Waals surface area contributed by atoms with Gasteiger partial charge in [0, 0.05) is 49.6 Å². The molecule has 24 heteroatoms. The predicted octanol–water partition coefficient (Wildman–Crippen LogP) is 3.00. The summed E-state index contributed by atoms with van der Waals surface area (Å²) >= 11 is 1.26. The maximum absolute atomic E-state index is 14.3. The van der Waals surface area contributed by atoms with Crippen molar-refractivity contribution < 1.29 is 52.3 Å². The third kappa shape index (κ3) is 20.4. The van der Waals surface area contributed by atoms with E-state index in [1.54, 1.807) is 11.6 Å². The first-order valence-corrected chi connectivity index (χ1v) is 29.4. The van der Waals surface area contributed by atoms with Gasteiger partial charge in [-0.05, 0) is 149 Å². The van der Waals surface area contributed by atoms with Crippen LogP contribution in [0.2, 0.25) is 0 Å². The number of aromatic nitrogens is 1. The fourth-order valence-corrected chi connectivity index (χ4v) is 10.5. The molecule has 1 aromatic carbocycles. The van der Waals surface area contributed by atoms with E-state index in [1.165, 1.54) is 69.9 Å². The lowest BCUT2D eigenvalue weighted by atomic mass is 9.76. The number of carbonyl (C=O) groups is 10. The molecule has 1 aliphatic heterocycles. The van der Waals surface area contributed by atoms with Crippen LogP contribution < -0.4 is 47.9 Å². The van der Waals surface area contributed by atoms with E-state index < -0.39 is 106 Å². The normalized spacial score (nSPS) is 16.7. The Morgan fingerprint density at radius 3 is 1.67 bits per heavy atom. The van der Waals surface area contributed by atoms with Gasteiger partial charge in [-0.15, -0.1) is 11.3 Å². The van der Waals surface area contributed by atoms with Crippen LogP contribution in [0.5, 0.6) is 0 Å². The Balaban J connectivity index is 1.41. The fourth-order valence-electron chi connectivity index (χ4n) is 9.84. The molecule has 0 spiro atoms. The van der Waals surface area contributed by atoms with Crippen molar-refractivity contribution in [3.8, 4) is 0 Å². The fraction of sp³-hybridized carbons (Fsp3) is 0.672. The van der Waals surface area contributed by atoms with Gasteiger partial charge in [-0.2, -0.15) is 0 Å². The average molecular weight is 1170 g/mol. The van der Waals surface area contributed by atoms with Crippen molar-refractivity contribution >= 4 is 70.4 Å². The van der Waals surface area contributed by atoms with E-state index >= 15 is 0 Å². The lowest BCUT2D eigenvalue weighted by Gasteiger charge is -2.44. The predicted molar refractivity (Wildman–Crippen MR) is 310 cm³/mol. The molecule has 22 nitrogen and oxygen atoms in total. The van der Waals surface area contributed by atoms with E-state index in [-0.39, 0.29) is 80.0 Å². The van der Waals surface area contributed by atoms with Crippen molar-refractivity contribution in [3.63, 3.8) is 0 Å². The van der Waals surface area contributed by atoms with E-state index in [1.807, 2.05) is 60.5 Å². The van der Waals surface area contributed by atoms with Gasteiger partial charge in [0.2, 0.25) is 53.2 Å². The summed E-state index contributed by atoms with van der Waals surface area (Å²) in [5.74, 6) is -6.98. The lowest BCUT2D eigenvalue weighted by Crippen LogP contribution is -2.65. The van der Waals surface area contributed by atoms with Gasteiger partial charge < -0.3 is 57.7 Å². The van der Waals surface area contributed by atoms with Crippen LogP contribution >= 0.6 is 11.3 Å². The van der Waals surface area contributed by atoms with Gasteiger partial charge in [0.1, 0.15) is 52.6 Å². The summed E-state index contributed by atoms with van der Waals surface area (Å²) in [6.07, 6.45) is 5.57. The number of hydrogen-bond acceptors (Lipinski definition) is 13. The summed E-state index contributed by atoms with van der Waals surface area (Å²) in [7, 11) is 3.90. The van der Waals surface area contributed by atoms with Crippen molar-refractivity contribution in [1.82, 2.24) is 62.6 Å². The van der Waals surface area contributed by atoms with Crippen molar-refractivity contribution in [2.45, 2.75) is 200 Å². The number of hydrogen-bond donors (Lipinski definition) is 9. The molecule has 1 saturated carbocycles. The largest absolute Gasteiger partial charge is 0.354 e. The molecule has 5 atom stereocenters. The molecule has 456 valence electrons. The van der Waals surface area contributed by atoms with Crippen molar-refractivity contribution in [2.24, 2.45) is 17.8 Å². The Labute approximate surface area is 486 Å². The van der Waals surface area contributed by atoms with Gasteiger partial charge in [-0.3, -0.25) is 47.9 Å². The van der Waals surface area contributed by atoms with Gasteiger partial charge in [0.15, 0.2) is 0 Å². The second-order valence-corrected chi connectivity index (χ2v) is 26.1. The monoisotopic (exact) mass is 1170 g/mol. The van der Waals surface area contributed by atoms with Crippen LogP contribution in [0.25, 0.3) is 0 Å². The number of carbonyl (C=O) groups excluding carboxylic acids is 10. The zero-order valence-electron chi connectivity index (χ0n) is 50.5. The number of benzene rings is 1. The lowest BCUT2D eigenvalue weighted by molar-refractivity contribution is -0.139. The zero-order chi connectivity index (χ0) is 61.5. The number of amides is 10. The number of likely N-dealkylation sites (tertiary alicyclic amines) is 1. The number of thiazole rings is 1. The minimum absolute atomic E-state index is 0.0367. The first-order chi connectivity index (χ1) is 38.1. The van der Waals surface area contributed by atoms with Gasteiger partial charge >= 0.3 is 0 Å². The van der Waals surface area contributed by atoms with Crippen LogP contribution in [0, 0.1) is 23.6 Å². The van der Waals surface area contributed by atoms with Gasteiger partial charge in [-0.1, -0.05) is 41.5 Å². The molecular weight excluding hydrogens is 1080 g/mol. The Kier molecular flexibility index (Phi) is 24.5. The van der Waals surface area contributed by atoms with E-state index in [9.17, 15) is 52.3 Å². The minimum Gasteiger partial charge on any atom is -0.354 e. The third-order valence-electron chi connectivity index (χ3n) is 14.4. The Hall–Kier alpha value is -6.56. The number of nitrogens with zero attached hydrogens (tertiary/aromatic N) is 3. The minimum atomic E-state index is -1.68. The zero-order valence-corrected chi connectivity index (χ0v) is 51.3. The smallest absolute Gasteiger partial charge is 0.254 e. The SMILES string of the molecule is CC(C)C[C@H](NC(=O)[C@H](Cc1nccs1)NC(=O)[C@@H]1CCCN1C(=O)c1ccc(F)cc1)C(=O)NC(C)(C)C(=O)N[C@@H](CC(C)C)C(=O)N[C@@H](CC(C)C)C(=O)NC(C)(C)C(=O)NC(C)(C)C(=O)NCCC(=O)NC1(CN(C)C)CCC1. The molecule has 2 heterocycles. The van der Waals surface area contributed by atoms with E-state index in [0.29, 0.717) is 24.4 Å². The third-order valence-corrected chi connectivity index (χ3v) is 15.2. The summed E-state index contributed by atoms with van der Waals surface area (Å²) in [4.78, 5) is 146. The Bertz CT molecular complexity index is 2570. The second-order valence-electron chi connectivity index (χ2n) is 25.1. The number of likely N-dealkylation sites (N-methyl/N-ethyl adjacent to an activating group) is 1. The molecule has 2 fully saturated rings. The van der Waals surface area contributed by atoms with Gasteiger partial charge in [0.25, 0.3) is 5.91 Å². The standard InChI is InChI=1S/C58H91FN12O10S/c1-34(2)29-39(46(73)62-41(31-36(5)6)49(76)68-57(11,12)54(81)69-55(7,8)52(79)61-25-22-44(72)66-58(23-16-24-58)33-70(13)14)65-53(80)56(9,10)67-48(75)40(30-35(3)4)63-47(74)42(32-45-60-26-28-82-45)64-50(77)43-17-15-27-71(43)51(78)37-18-20-38(59)21-19-37/h18-21,26,28,34-36,39-43H,15-17,22-25,27,29-33H2,1-14H3,(H,61,79)(H,62,73)(H,63,74)(H,64,77)(H,65,80)(H,66,72)(H,67,75)(H,68,76)(H,69,81)/t39-,40-,41-,42-,43-/m0/s1. The topological polar surface area (TPSA) is 298 Å². The van der Waals surface area contributed by atoms with Crippen molar-refractivity contribution in [3.05, 3.63) is 52.2 Å². The molecule has 2 aliphatic rings. The van der Waals surface area contributed by atoms with Crippen LogP contribution in [-0.2, 0) is 49.6 Å². The van der Waals surface area contributed by atoms with Crippen molar-refractivity contribution in [1.29, 1.82) is 0 Å². The first-order valence-electron chi connectivity index (χ1n) is 28.5. The summed E-state index contributed by atoms with van der Waals surface area (Å²) in [5, 5.41) is 27.4. The summed E-state index contributed by atoms with van der Waals surface area (Å²) in [6, 6.07) is -0.746. The van der Waals surface area contributed by atoms with E-state index in [2.05, 4.69) is 52.8 Å². The molecule has 0 bridgehead atoms. The van der Waals surface area contributed by atoms with Crippen LogP contribution in [-0.4, -0.2) is 160 Å². The van der Waals surface area contributed by atoms with Crippen LogP contribution in [0.15, 0.2) is 35.8 Å². The molecule has 1 aliphatic carbocycles. The Morgan fingerprint density at radius 2 is 1.18 bits per heavy atom. The second kappa shape index (κ2) is 29.6. The molecule has 9 N–H and O–H groups in total. The molecular formula is C58H91FN12O10S. The van der Waals surface area contributed by atoms with E-state index in [4.69, 9.17) is 0 Å². The van der Waals surface area contributed by atoms with Crippen LogP contribution in [0.4, 0.5) is 4.39 Å². The number of rotatable bonds is 30. The Morgan fingerprint density at radius 1 is 0.671 bits per heavy atom. The molecule has 4 rings (SSSR count). The maximum Gasteiger partial charge on any atom is 0.254 e. The molecule has 1 saturated heterocycles. The van der Waals surface area contributed by atoms with Crippen LogP contribution in [0.3, 0.4) is 0 Å². The molecule has 0 unspecified atom stereocenters. The molecule has 2 aromatic rings. The summed E-state index contributed by atoms with van der Waals surface area (Å²) < 4.78 is 13.7. The summed E-state index contributed by atoms with van der Waals surface area (Å²) in [5.41, 5.74) is -4.81. The van der Waals surface area contributed by atoms with Crippen molar-refractivity contribution in [2.75, 3.05) is 33.7 Å². The molecule has 0 radical (unpaired) electrons. The maximum atomic E-state index is 14.3. The van der Waals surface area contributed by atoms with E-state index in [0.717, 1.165) is 31.4 Å². The summed E-state index contributed by atoms with van der Waals surface area (Å²) in [6.45, 7) is 20.9. The highest BCUT2D eigenvalue weighted by Crippen LogP contribution is 2.32. The quantitative estimate of drug-likeness (QED) is 0.0546. The molecule has 82 heavy (non-hydrogen) atoms. The number of nitrogens with one attached hydrogen (secondary N) is 9. The molecule has 10 amide bonds. The average Bonchev–Trinajstić information content (AvgIpc) is 4.15.